The van der Waals surface area contributed by atoms with E-state index in [9.17, 15) is 0 Å². The lowest BCUT2D eigenvalue weighted by molar-refractivity contribution is 0.433. The van der Waals surface area contributed by atoms with Crippen molar-refractivity contribution in [3.8, 4) is 0 Å². The Hall–Kier alpha value is -1.34. The monoisotopic (exact) mass is 416 g/mol. The van der Waals surface area contributed by atoms with Crippen molar-refractivity contribution in [1.82, 2.24) is 5.32 Å². The first-order valence-electron chi connectivity index (χ1n) is 9.62. The summed E-state index contributed by atoms with van der Waals surface area (Å²) < 4.78 is 0. The van der Waals surface area contributed by atoms with Crippen molar-refractivity contribution < 1.29 is 0 Å². The number of fused-ring (bicyclic) bond motifs is 1. The van der Waals surface area contributed by atoms with Crippen molar-refractivity contribution in [3.63, 3.8) is 0 Å². The van der Waals surface area contributed by atoms with E-state index in [4.69, 9.17) is 22.3 Å². The van der Waals surface area contributed by atoms with E-state index in [1.165, 1.54) is 27.8 Å². The highest BCUT2D eigenvalue weighted by Crippen LogP contribution is 2.41. The van der Waals surface area contributed by atoms with E-state index < -0.39 is 0 Å². The molecule has 2 radical (unpaired) electrons. The first-order valence-corrected chi connectivity index (χ1v) is 10.8. The summed E-state index contributed by atoms with van der Waals surface area (Å²) in [6, 6.07) is 7.97. The zero-order valence-electron chi connectivity index (χ0n) is 17.6. The van der Waals surface area contributed by atoms with Gasteiger partial charge in [-0.3, -0.25) is 4.99 Å². The number of nitrogens with zero attached hydrogens (tertiary/aromatic N) is 2. The van der Waals surface area contributed by atoms with E-state index in [-0.39, 0.29) is 18.4 Å². The lowest BCUT2D eigenvalue weighted by Crippen LogP contribution is -2.56. The van der Waals surface area contributed by atoms with E-state index >= 15 is 0 Å². The molecule has 2 aromatic rings. The van der Waals surface area contributed by atoms with Gasteiger partial charge in [-0.05, 0) is 51.9 Å². The molecule has 0 aliphatic carbocycles. The molecule has 0 fully saturated rings. The average Bonchev–Trinajstić information content (AvgIpc) is 2.92. The smallest absolute Gasteiger partial charge is 0.104 e. The Morgan fingerprint density at radius 3 is 2.43 bits per heavy atom. The molecule has 1 aromatic heterocycles. The molecule has 7 heteroatoms. The van der Waals surface area contributed by atoms with Crippen LogP contribution in [0.25, 0.3) is 0 Å². The van der Waals surface area contributed by atoms with Crippen molar-refractivity contribution in [1.29, 1.82) is 0 Å². The molecule has 150 valence electrons. The maximum Gasteiger partial charge on any atom is 0.104 e. The van der Waals surface area contributed by atoms with Gasteiger partial charge < -0.3 is 16.0 Å². The van der Waals surface area contributed by atoms with E-state index in [0.717, 1.165) is 22.7 Å². The molecular weight excluding hydrogens is 387 g/mol. The largest absolute Gasteiger partial charge is 0.330 e. The van der Waals surface area contributed by atoms with Gasteiger partial charge >= 0.3 is 0 Å². The van der Waals surface area contributed by atoms with Crippen LogP contribution in [-0.2, 0) is 0 Å². The number of thiophene rings is 1. The van der Waals surface area contributed by atoms with Gasteiger partial charge in [-0.1, -0.05) is 37.5 Å². The Morgan fingerprint density at radius 1 is 1.29 bits per heavy atom. The third-order valence-electron chi connectivity index (χ3n) is 5.22. The van der Waals surface area contributed by atoms with Gasteiger partial charge in [0.2, 0.25) is 0 Å². The minimum absolute atomic E-state index is 0.0239. The van der Waals surface area contributed by atoms with Crippen molar-refractivity contribution in [2.45, 2.75) is 59.3 Å². The first-order chi connectivity index (χ1) is 13.4. The summed E-state index contributed by atoms with van der Waals surface area (Å²) in [6.45, 7) is 10.1. The minimum atomic E-state index is -0.177. The van der Waals surface area contributed by atoms with Crippen LogP contribution in [0.2, 0.25) is 11.8 Å². The van der Waals surface area contributed by atoms with Gasteiger partial charge in [0.1, 0.15) is 11.2 Å². The Balaban J connectivity index is 0.00000136. The van der Waals surface area contributed by atoms with Gasteiger partial charge in [0, 0.05) is 21.0 Å². The summed E-state index contributed by atoms with van der Waals surface area (Å²) in [5, 5.41) is 5.28. The number of aryl methyl sites for hydroxylation is 1. The number of aliphatic imine (C=N–C) groups is 1. The fourth-order valence-corrected chi connectivity index (χ4v) is 4.84. The second-order valence-corrected chi connectivity index (χ2v) is 8.43. The Kier molecular flexibility index (Phi) is 8.13. The van der Waals surface area contributed by atoms with E-state index in [1.807, 2.05) is 31.3 Å². The van der Waals surface area contributed by atoms with E-state index in [1.54, 1.807) is 11.3 Å². The predicted octanol–water partition coefficient (Wildman–Crippen LogP) is 4.51. The van der Waals surface area contributed by atoms with Gasteiger partial charge in [-0.25, -0.2) is 0 Å². The highest BCUT2D eigenvalue weighted by Gasteiger charge is 2.35. The second kappa shape index (κ2) is 9.92. The van der Waals surface area contributed by atoms with Crippen LogP contribution in [0.1, 0.15) is 41.8 Å². The molecule has 3 rings (SSSR count). The third kappa shape index (κ3) is 4.30. The number of nitrogens with two attached hydrogens (primary N) is 1. The summed E-state index contributed by atoms with van der Waals surface area (Å²) in [6.07, 6.45) is 0.830. The summed E-state index contributed by atoms with van der Waals surface area (Å²) in [5.74, 6) is 0. The molecule has 3 N–H and O–H groups in total. The molecular formula is C21H30BClN4S. The third-order valence-corrected chi connectivity index (χ3v) is 6.69. The molecule has 0 saturated heterocycles. The second-order valence-electron chi connectivity index (χ2n) is 6.79. The van der Waals surface area contributed by atoms with Crippen LogP contribution in [0.4, 0.5) is 5.00 Å². The SMILES string of the molecule is CCC1N=C(c2ccc(Cl)cc2)c2c(sc(C)c2C)N(C(C)NC)C1N.[B]C. The molecule has 3 atom stereocenters. The topological polar surface area (TPSA) is 53.6 Å². The van der Waals surface area contributed by atoms with Crippen LogP contribution in [0.3, 0.4) is 0 Å². The first kappa shape index (κ1) is 22.9. The summed E-state index contributed by atoms with van der Waals surface area (Å²) in [4.78, 5) is 8.73. The molecule has 4 nitrogen and oxygen atoms in total. The highest BCUT2D eigenvalue weighted by molar-refractivity contribution is 7.16. The Morgan fingerprint density at radius 2 is 1.89 bits per heavy atom. The molecule has 0 saturated carbocycles. The Bertz CT molecular complexity index is 819. The van der Waals surface area contributed by atoms with Gasteiger partial charge in [-0.15, -0.1) is 11.3 Å². The van der Waals surface area contributed by atoms with Crippen molar-refractivity contribution in [2.75, 3.05) is 11.9 Å². The number of halogens is 1. The van der Waals surface area contributed by atoms with E-state index in [0.29, 0.717) is 0 Å². The fourth-order valence-electron chi connectivity index (χ4n) is 3.43. The summed E-state index contributed by atoms with van der Waals surface area (Å²) in [7, 11) is 6.47. The molecule has 1 aromatic carbocycles. The number of anilines is 1. The quantitative estimate of drug-likeness (QED) is 0.721. The Labute approximate surface area is 179 Å². The highest BCUT2D eigenvalue weighted by atomic mass is 35.5. The average molecular weight is 417 g/mol. The van der Waals surface area contributed by atoms with Gasteiger partial charge in [0.15, 0.2) is 0 Å². The molecule has 0 amide bonds. The molecule has 3 unspecified atom stereocenters. The van der Waals surface area contributed by atoms with Gasteiger partial charge in [0.25, 0.3) is 0 Å². The zero-order valence-corrected chi connectivity index (χ0v) is 19.2. The maximum atomic E-state index is 6.71. The number of nitrogens with one attached hydrogen (secondary N) is 1. The number of benzene rings is 1. The predicted molar refractivity (Wildman–Crippen MR) is 126 cm³/mol. The molecule has 28 heavy (non-hydrogen) atoms. The van der Waals surface area contributed by atoms with Crippen LogP contribution in [-0.4, -0.2) is 39.0 Å². The molecule has 0 spiro atoms. The molecule has 1 aliphatic heterocycles. The van der Waals surface area contributed by atoms with Crippen LogP contribution in [0, 0.1) is 13.8 Å². The maximum absolute atomic E-state index is 6.71. The van der Waals surface area contributed by atoms with Crippen LogP contribution in [0.5, 0.6) is 0 Å². The van der Waals surface area contributed by atoms with Gasteiger partial charge in [0.05, 0.1) is 25.8 Å². The van der Waals surface area contributed by atoms with Crippen molar-refractivity contribution in [3.05, 3.63) is 50.9 Å². The fraction of sp³-hybridized carbons (Fsp3) is 0.476. The number of hydrogen-bond acceptors (Lipinski definition) is 5. The standard InChI is InChI=1S/C20H27ClN4S.CH3B/c1-6-16-19(22)25(13(4)23-5)20-17(11(2)12(3)26-20)18(24-16)14-7-9-15(21)10-8-14;1-2/h7-10,13,16,19,23H,6,22H2,1-5H3;1H3. The number of hydrogen-bond donors (Lipinski definition) is 2. The molecule has 1 aliphatic rings. The van der Waals surface area contributed by atoms with Crippen LogP contribution in [0.15, 0.2) is 29.3 Å². The minimum Gasteiger partial charge on any atom is -0.330 e. The van der Waals surface area contributed by atoms with Crippen molar-refractivity contribution in [2.24, 2.45) is 10.7 Å². The lowest BCUT2D eigenvalue weighted by atomic mass is 9.99. The summed E-state index contributed by atoms with van der Waals surface area (Å²) in [5.41, 5.74) is 11.3. The van der Waals surface area contributed by atoms with E-state index in [2.05, 4.69) is 45.8 Å². The van der Waals surface area contributed by atoms with Crippen LogP contribution >= 0.6 is 22.9 Å². The zero-order chi connectivity index (χ0) is 21.0. The molecule has 0 bridgehead atoms. The lowest BCUT2D eigenvalue weighted by Gasteiger charge is -2.36. The van der Waals surface area contributed by atoms with Gasteiger partial charge in [-0.2, -0.15) is 0 Å². The normalized spacial score (nSPS) is 19.9. The molecule has 2 heterocycles. The summed E-state index contributed by atoms with van der Waals surface area (Å²) >= 11 is 7.91. The van der Waals surface area contributed by atoms with Crippen molar-refractivity contribution >= 4 is 41.5 Å². The van der Waals surface area contributed by atoms with Crippen LogP contribution < -0.4 is 16.0 Å². The number of rotatable bonds is 4.